The van der Waals surface area contributed by atoms with E-state index in [1.807, 2.05) is 0 Å². The molecule has 1 aromatic heterocycles. The largest absolute Gasteiger partial charge is 0.389 e. The predicted octanol–water partition coefficient (Wildman–Crippen LogP) is 0.286. The van der Waals surface area contributed by atoms with Crippen molar-refractivity contribution >= 4 is 5.91 Å². The van der Waals surface area contributed by atoms with E-state index in [1.165, 1.54) is 0 Å². The summed E-state index contributed by atoms with van der Waals surface area (Å²) in [5, 5.41) is 19.5. The fourth-order valence-corrected chi connectivity index (χ4v) is 0.907. The highest BCUT2D eigenvalue weighted by atomic mass is 16.3. The molecule has 0 aromatic carbocycles. The van der Waals surface area contributed by atoms with Crippen molar-refractivity contribution in [2.45, 2.75) is 26.4 Å². The van der Waals surface area contributed by atoms with Crippen molar-refractivity contribution in [1.29, 1.82) is 0 Å². The maximum atomic E-state index is 11.5. The van der Waals surface area contributed by atoms with Gasteiger partial charge in [0.1, 0.15) is 0 Å². The van der Waals surface area contributed by atoms with Crippen LogP contribution < -0.4 is 5.32 Å². The lowest BCUT2D eigenvalue weighted by Crippen LogP contribution is -2.38. The molecule has 1 amide bonds. The van der Waals surface area contributed by atoms with Crippen LogP contribution in [0.15, 0.2) is 12.1 Å². The number of carbonyl (C=O) groups is 1. The molecule has 1 rings (SSSR count). The molecule has 0 aliphatic heterocycles. The molecule has 5 heteroatoms. The molecular formula is C10H15N3O2. The van der Waals surface area contributed by atoms with E-state index in [0.29, 0.717) is 0 Å². The van der Waals surface area contributed by atoms with Crippen molar-refractivity contribution in [3.63, 3.8) is 0 Å². The Morgan fingerprint density at radius 3 is 2.60 bits per heavy atom. The summed E-state index contributed by atoms with van der Waals surface area (Å²) in [5.74, 6) is -0.329. The molecule has 0 aliphatic carbocycles. The second-order valence-electron chi connectivity index (χ2n) is 4.06. The Kier molecular flexibility index (Phi) is 3.36. The van der Waals surface area contributed by atoms with Gasteiger partial charge in [0, 0.05) is 6.54 Å². The topological polar surface area (TPSA) is 75.1 Å². The van der Waals surface area contributed by atoms with Gasteiger partial charge < -0.3 is 10.4 Å². The van der Waals surface area contributed by atoms with Crippen LogP contribution in [0.1, 0.15) is 30.0 Å². The van der Waals surface area contributed by atoms with Crippen LogP contribution in [-0.4, -0.2) is 33.4 Å². The average Bonchev–Trinajstić information content (AvgIpc) is 2.14. The molecule has 0 saturated carbocycles. The predicted molar refractivity (Wildman–Crippen MR) is 55.4 cm³/mol. The van der Waals surface area contributed by atoms with Crippen molar-refractivity contribution in [2.75, 3.05) is 6.54 Å². The highest BCUT2D eigenvalue weighted by molar-refractivity contribution is 5.92. The van der Waals surface area contributed by atoms with E-state index in [-0.39, 0.29) is 18.1 Å². The van der Waals surface area contributed by atoms with Crippen molar-refractivity contribution in [1.82, 2.24) is 15.5 Å². The Balaban J connectivity index is 2.58. The number of hydrogen-bond acceptors (Lipinski definition) is 4. The van der Waals surface area contributed by atoms with Gasteiger partial charge in [0.05, 0.1) is 11.3 Å². The summed E-state index contributed by atoms with van der Waals surface area (Å²) in [6.45, 7) is 5.22. The quantitative estimate of drug-likeness (QED) is 0.750. The van der Waals surface area contributed by atoms with Crippen LogP contribution in [0.5, 0.6) is 0 Å². The first-order chi connectivity index (χ1) is 6.88. The van der Waals surface area contributed by atoms with Crippen LogP contribution in [0.4, 0.5) is 0 Å². The first kappa shape index (κ1) is 11.6. The van der Waals surface area contributed by atoms with Crippen molar-refractivity contribution < 1.29 is 9.90 Å². The minimum absolute atomic E-state index is 0.182. The van der Waals surface area contributed by atoms with Gasteiger partial charge in [-0.1, -0.05) is 0 Å². The number of aromatic nitrogens is 2. The van der Waals surface area contributed by atoms with E-state index in [9.17, 15) is 9.90 Å². The molecule has 0 saturated heterocycles. The first-order valence-corrected chi connectivity index (χ1v) is 4.69. The van der Waals surface area contributed by atoms with Crippen molar-refractivity contribution in [3.8, 4) is 0 Å². The molecule has 0 fully saturated rings. The minimum atomic E-state index is -0.923. The number of amides is 1. The lowest BCUT2D eigenvalue weighted by Gasteiger charge is -2.17. The molecule has 0 aliphatic rings. The fourth-order valence-electron chi connectivity index (χ4n) is 0.907. The van der Waals surface area contributed by atoms with Gasteiger partial charge in [-0.3, -0.25) is 4.79 Å². The van der Waals surface area contributed by atoms with E-state index in [4.69, 9.17) is 0 Å². The highest BCUT2D eigenvalue weighted by Crippen LogP contribution is 1.99. The van der Waals surface area contributed by atoms with E-state index in [1.54, 1.807) is 32.9 Å². The third-order valence-corrected chi connectivity index (χ3v) is 1.71. The second kappa shape index (κ2) is 4.35. The Labute approximate surface area is 88.5 Å². The van der Waals surface area contributed by atoms with Crippen LogP contribution in [-0.2, 0) is 0 Å². The van der Waals surface area contributed by atoms with Gasteiger partial charge in [-0.2, -0.15) is 5.10 Å². The molecule has 0 atom stereocenters. The van der Waals surface area contributed by atoms with E-state index < -0.39 is 5.60 Å². The summed E-state index contributed by atoms with van der Waals surface area (Å²) in [6.07, 6.45) is 0. The zero-order valence-electron chi connectivity index (χ0n) is 9.11. The summed E-state index contributed by atoms with van der Waals surface area (Å²) in [6, 6.07) is 3.31. The molecule has 1 aromatic rings. The number of nitrogens with one attached hydrogen (secondary N) is 1. The van der Waals surface area contributed by atoms with Crippen LogP contribution in [0.25, 0.3) is 0 Å². The van der Waals surface area contributed by atoms with Crippen molar-refractivity contribution in [3.05, 3.63) is 23.5 Å². The van der Waals surface area contributed by atoms with Gasteiger partial charge in [-0.25, -0.2) is 0 Å². The second-order valence-corrected chi connectivity index (χ2v) is 4.06. The molecule has 0 unspecified atom stereocenters. The molecule has 82 valence electrons. The van der Waals surface area contributed by atoms with Crippen LogP contribution >= 0.6 is 0 Å². The zero-order chi connectivity index (χ0) is 11.5. The summed E-state index contributed by atoms with van der Waals surface area (Å²) >= 11 is 0. The van der Waals surface area contributed by atoms with Gasteiger partial charge in [0.2, 0.25) is 0 Å². The number of carbonyl (C=O) groups excluding carboxylic acids is 1. The lowest BCUT2D eigenvalue weighted by molar-refractivity contribution is 0.0691. The number of hydrogen-bond donors (Lipinski definition) is 2. The summed E-state index contributed by atoms with van der Waals surface area (Å²) in [7, 11) is 0. The van der Waals surface area contributed by atoms with Crippen molar-refractivity contribution in [2.24, 2.45) is 0 Å². The SMILES string of the molecule is Cc1ccc(C(=O)NCC(C)(C)O)nn1. The molecular weight excluding hydrogens is 194 g/mol. The molecule has 0 spiro atoms. The monoisotopic (exact) mass is 209 g/mol. The molecule has 0 bridgehead atoms. The maximum absolute atomic E-state index is 11.5. The molecule has 15 heavy (non-hydrogen) atoms. The van der Waals surface area contributed by atoms with E-state index in [0.717, 1.165) is 5.69 Å². The van der Waals surface area contributed by atoms with Crippen LogP contribution in [0.2, 0.25) is 0 Å². The van der Waals surface area contributed by atoms with Gasteiger partial charge in [0.25, 0.3) is 5.91 Å². The lowest BCUT2D eigenvalue weighted by atomic mass is 10.1. The highest BCUT2D eigenvalue weighted by Gasteiger charge is 2.15. The molecule has 5 nitrogen and oxygen atoms in total. The number of aryl methyl sites for hydroxylation is 1. The Hall–Kier alpha value is -1.49. The van der Waals surface area contributed by atoms with Crippen LogP contribution in [0.3, 0.4) is 0 Å². The van der Waals surface area contributed by atoms with Gasteiger partial charge in [-0.15, -0.1) is 5.10 Å². The third-order valence-electron chi connectivity index (χ3n) is 1.71. The number of aliphatic hydroxyl groups is 1. The Morgan fingerprint density at radius 2 is 2.13 bits per heavy atom. The van der Waals surface area contributed by atoms with E-state index in [2.05, 4.69) is 15.5 Å². The number of nitrogens with zero attached hydrogens (tertiary/aromatic N) is 2. The fraction of sp³-hybridized carbons (Fsp3) is 0.500. The summed E-state index contributed by atoms with van der Waals surface area (Å²) in [4.78, 5) is 11.5. The van der Waals surface area contributed by atoms with Gasteiger partial charge >= 0.3 is 0 Å². The normalized spacial score (nSPS) is 11.2. The minimum Gasteiger partial charge on any atom is -0.389 e. The third kappa shape index (κ3) is 4.03. The molecule has 2 N–H and O–H groups in total. The standard InChI is InChI=1S/C10H15N3O2/c1-7-4-5-8(13-12-7)9(14)11-6-10(2,3)15/h4-5,15H,6H2,1-3H3,(H,11,14). The smallest absolute Gasteiger partial charge is 0.271 e. The average molecular weight is 209 g/mol. The Morgan fingerprint density at radius 1 is 1.47 bits per heavy atom. The van der Waals surface area contributed by atoms with Gasteiger partial charge in [0.15, 0.2) is 5.69 Å². The Bertz CT molecular complexity index is 341. The summed E-state index contributed by atoms with van der Waals surface area (Å²) < 4.78 is 0. The zero-order valence-corrected chi connectivity index (χ0v) is 9.11. The number of rotatable bonds is 3. The van der Waals surface area contributed by atoms with E-state index >= 15 is 0 Å². The molecule has 0 radical (unpaired) electrons. The van der Waals surface area contributed by atoms with Crippen LogP contribution in [0, 0.1) is 6.92 Å². The maximum Gasteiger partial charge on any atom is 0.271 e. The first-order valence-electron chi connectivity index (χ1n) is 4.69. The molecule has 1 heterocycles. The van der Waals surface area contributed by atoms with Gasteiger partial charge in [-0.05, 0) is 32.9 Å². The summed E-state index contributed by atoms with van der Waals surface area (Å²) in [5.41, 5.74) is 0.0900.